The normalized spacial score (nSPS) is 16.0. The van der Waals surface area contributed by atoms with Gasteiger partial charge in [-0.15, -0.1) is 0 Å². The van der Waals surface area contributed by atoms with Crippen molar-refractivity contribution in [2.75, 3.05) is 7.05 Å². The third-order valence-electron chi connectivity index (χ3n) is 5.16. The summed E-state index contributed by atoms with van der Waals surface area (Å²) in [6.45, 7) is 0. The molecule has 1 saturated carbocycles. The van der Waals surface area contributed by atoms with Crippen LogP contribution in [0.4, 0.5) is 4.39 Å². The second kappa shape index (κ2) is 9.91. The maximum Gasteiger partial charge on any atom is 0.134 e. The molecule has 7 heteroatoms. The SMILES string of the molecule is CN=C(NC1CCCCC1)C(C(=N)N)=C(N)c1ccc(Oc2ccc(F)cc2)cc1. The van der Waals surface area contributed by atoms with Crippen LogP contribution in [0.25, 0.3) is 5.70 Å². The predicted octanol–water partition coefficient (Wildman–Crippen LogP) is 4.17. The number of aliphatic imine (C=N–C) groups is 1. The molecular weight excluding hydrogens is 381 g/mol. The molecule has 0 saturated heterocycles. The van der Waals surface area contributed by atoms with Gasteiger partial charge in [0.05, 0.1) is 11.3 Å². The third-order valence-corrected chi connectivity index (χ3v) is 5.16. The standard InChI is InChI=1S/C23H28FN5O/c1-28-23(29-17-5-3-2-4-6-17)20(22(26)27)21(25)15-7-11-18(12-8-15)30-19-13-9-16(24)10-14-19/h7-14,17H,2-6,25H2,1H3,(H3,26,27)(H,28,29). The maximum atomic E-state index is 13.0. The van der Waals surface area contributed by atoms with E-state index in [0.717, 1.165) is 12.8 Å². The average molecular weight is 410 g/mol. The summed E-state index contributed by atoms with van der Waals surface area (Å²) < 4.78 is 18.8. The molecule has 1 aliphatic carbocycles. The molecule has 0 aromatic heterocycles. The highest BCUT2D eigenvalue weighted by Crippen LogP contribution is 2.24. The number of hydrogen-bond donors (Lipinski definition) is 4. The Morgan fingerprint density at radius 3 is 2.10 bits per heavy atom. The van der Waals surface area contributed by atoms with E-state index in [2.05, 4.69) is 10.3 Å². The van der Waals surface area contributed by atoms with Crippen molar-refractivity contribution in [2.24, 2.45) is 16.5 Å². The first-order valence-electron chi connectivity index (χ1n) is 10.1. The van der Waals surface area contributed by atoms with Crippen LogP contribution in [-0.2, 0) is 0 Å². The van der Waals surface area contributed by atoms with Gasteiger partial charge >= 0.3 is 0 Å². The molecule has 3 rings (SSSR count). The van der Waals surface area contributed by atoms with E-state index in [0.29, 0.717) is 40.2 Å². The fraction of sp³-hybridized carbons (Fsp3) is 0.304. The van der Waals surface area contributed by atoms with E-state index >= 15 is 0 Å². The molecule has 1 aliphatic rings. The number of ether oxygens (including phenoxy) is 1. The van der Waals surface area contributed by atoms with Crippen LogP contribution in [0.1, 0.15) is 37.7 Å². The first-order chi connectivity index (χ1) is 14.5. The maximum absolute atomic E-state index is 13.0. The number of benzene rings is 2. The number of nitrogens with one attached hydrogen (secondary N) is 2. The van der Waals surface area contributed by atoms with Crippen LogP contribution < -0.4 is 21.5 Å². The molecule has 0 heterocycles. The highest BCUT2D eigenvalue weighted by atomic mass is 19.1. The lowest BCUT2D eigenvalue weighted by Crippen LogP contribution is -2.40. The first-order valence-corrected chi connectivity index (χ1v) is 10.1. The van der Waals surface area contributed by atoms with Gasteiger partial charge in [0, 0.05) is 13.1 Å². The van der Waals surface area contributed by atoms with E-state index in [1.54, 1.807) is 43.4 Å². The summed E-state index contributed by atoms with van der Waals surface area (Å²) in [5.41, 5.74) is 13.7. The predicted molar refractivity (Wildman–Crippen MR) is 119 cm³/mol. The van der Waals surface area contributed by atoms with Crippen molar-refractivity contribution in [3.05, 3.63) is 65.5 Å². The molecule has 0 aliphatic heterocycles. The second-order valence-electron chi connectivity index (χ2n) is 7.33. The number of hydrogen-bond acceptors (Lipinski definition) is 4. The van der Waals surface area contributed by atoms with Crippen molar-refractivity contribution >= 4 is 17.4 Å². The quantitative estimate of drug-likeness (QED) is 0.424. The van der Waals surface area contributed by atoms with E-state index in [4.69, 9.17) is 21.6 Å². The lowest BCUT2D eigenvalue weighted by molar-refractivity contribution is 0.413. The Bertz CT molecular complexity index is 929. The van der Waals surface area contributed by atoms with Gasteiger partial charge in [0.25, 0.3) is 0 Å². The number of nitrogens with two attached hydrogens (primary N) is 2. The number of rotatable bonds is 6. The van der Waals surface area contributed by atoms with E-state index in [1.807, 2.05) is 0 Å². The molecule has 1 fully saturated rings. The van der Waals surface area contributed by atoms with Crippen LogP contribution in [0.3, 0.4) is 0 Å². The smallest absolute Gasteiger partial charge is 0.134 e. The van der Waals surface area contributed by atoms with Gasteiger partial charge in [-0.1, -0.05) is 19.3 Å². The summed E-state index contributed by atoms with van der Waals surface area (Å²) in [5.74, 6) is 1.21. The van der Waals surface area contributed by atoms with Gasteiger partial charge in [0.2, 0.25) is 0 Å². The summed E-state index contributed by atoms with van der Waals surface area (Å²) >= 11 is 0. The summed E-state index contributed by atoms with van der Waals surface area (Å²) in [5, 5.41) is 11.5. The fourth-order valence-electron chi connectivity index (χ4n) is 3.57. The van der Waals surface area contributed by atoms with Crippen molar-refractivity contribution < 1.29 is 9.13 Å². The number of nitrogens with zero attached hydrogens (tertiary/aromatic N) is 1. The molecule has 0 unspecified atom stereocenters. The number of halogens is 1. The highest BCUT2D eigenvalue weighted by Gasteiger charge is 2.20. The molecular formula is C23H28FN5O. The Morgan fingerprint density at radius 1 is 1.00 bits per heavy atom. The van der Waals surface area contributed by atoms with Crippen LogP contribution >= 0.6 is 0 Å². The van der Waals surface area contributed by atoms with Crippen molar-refractivity contribution in [1.29, 1.82) is 5.41 Å². The van der Waals surface area contributed by atoms with Crippen LogP contribution in [0.5, 0.6) is 11.5 Å². The van der Waals surface area contributed by atoms with Crippen LogP contribution in [0.15, 0.2) is 59.1 Å². The van der Waals surface area contributed by atoms with E-state index in [9.17, 15) is 4.39 Å². The molecule has 158 valence electrons. The van der Waals surface area contributed by atoms with Crippen molar-refractivity contribution in [2.45, 2.75) is 38.1 Å². The summed E-state index contributed by atoms with van der Waals surface area (Å²) in [7, 11) is 1.67. The monoisotopic (exact) mass is 409 g/mol. The van der Waals surface area contributed by atoms with Crippen molar-refractivity contribution in [1.82, 2.24) is 5.32 Å². The Morgan fingerprint density at radius 2 is 1.57 bits per heavy atom. The van der Waals surface area contributed by atoms with Crippen molar-refractivity contribution in [3.63, 3.8) is 0 Å². The summed E-state index contributed by atoms with van der Waals surface area (Å²) in [4.78, 5) is 4.32. The molecule has 30 heavy (non-hydrogen) atoms. The number of amidine groups is 2. The Kier molecular flexibility index (Phi) is 7.06. The molecule has 0 radical (unpaired) electrons. The van der Waals surface area contributed by atoms with Gasteiger partial charge in [0.15, 0.2) is 0 Å². The van der Waals surface area contributed by atoms with Gasteiger partial charge in [-0.05, 0) is 66.9 Å². The van der Waals surface area contributed by atoms with Crippen LogP contribution in [0, 0.1) is 11.2 Å². The largest absolute Gasteiger partial charge is 0.457 e. The van der Waals surface area contributed by atoms with Crippen LogP contribution in [0.2, 0.25) is 0 Å². The minimum absolute atomic E-state index is 0.136. The van der Waals surface area contributed by atoms with Gasteiger partial charge in [-0.25, -0.2) is 4.39 Å². The molecule has 0 amide bonds. The molecule has 0 bridgehead atoms. The van der Waals surface area contributed by atoms with E-state index < -0.39 is 0 Å². The second-order valence-corrected chi connectivity index (χ2v) is 7.33. The zero-order valence-corrected chi connectivity index (χ0v) is 17.1. The zero-order chi connectivity index (χ0) is 21.5. The lowest BCUT2D eigenvalue weighted by Gasteiger charge is -2.26. The Balaban J connectivity index is 1.81. The summed E-state index contributed by atoms with van der Waals surface area (Å²) in [6, 6.07) is 13.2. The fourth-order valence-corrected chi connectivity index (χ4v) is 3.57. The Hall–Kier alpha value is -3.35. The van der Waals surface area contributed by atoms with Gasteiger partial charge in [-0.3, -0.25) is 10.4 Å². The zero-order valence-electron chi connectivity index (χ0n) is 17.1. The molecule has 0 spiro atoms. The minimum Gasteiger partial charge on any atom is -0.457 e. The average Bonchev–Trinajstić information content (AvgIpc) is 2.75. The first kappa shape index (κ1) is 21.4. The van der Waals surface area contributed by atoms with Crippen molar-refractivity contribution in [3.8, 4) is 11.5 Å². The molecule has 6 nitrogen and oxygen atoms in total. The van der Waals surface area contributed by atoms with Crippen LogP contribution in [-0.4, -0.2) is 24.8 Å². The Labute approximate surface area is 176 Å². The summed E-state index contributed by atoms with van der Waals surface area (Å²) in [6.07, 6.45) is 5.75. The lowest BCUT2D eigenvalue weighted by atomic mass is 9.95. The molecule has 2 aromatic rings. The van der Waals surface area contributed by atoms with E-state index in [-0.39, 0.29) is 11.7 Å². The van der Waals surface area contributed by atoms with Gasteiger partial charge < -0.3 is 21.5 Å². The highest BCUT2D eigenvalue weighted by molar-refractivity contribution is 6.25. The third kappa shape index (κ3) is 5.37. The molecule has 0 atom stereocenters. The molecule has 2 aromatic carbocycles. The van der Waals surface area contributed by atoms with Gasteiger partial charge in [-0.2, -0.15) is 0 Å². The van der Waals surface area contributed by atoms with E-state index in [1.165, 1.54) is 31.4 Å². The topological polar surface area (TPSA) is 110 Å². The minimum atomic E-state index is -0.317. The van der Waals surface area contributed by atoms with Gasteiger partial charge in [0.1, 0.15) is 29.0 Å². The molecule has 6 N–H and O–H groups in total.